The van der Waals surface area contributed by atoms with E-state index in [1.54, 1.807) is 24.3 Å². The summed E-state index contributed by atoms with van der Waals surface area (Å²) in [6, 6.07) is 12.2. The van der Waals surface area contributed by atoms with Crippen LogP contribution in [0.4, 0.5) is 5.69 Å². The lowest BCUT2D eigenvalue weighted by Crippen LogP contribution is -2.31. The first-order chi connectivity index (χ1) is 12.4. The number of hydrogen-bond donors (Lipinski definition) is 3. The first kappa shape index (κ1) is 19.5. The van der Waals surface area contributed by atoms with Crippen LogP contribution in [0.15, 0.2) is 53.4 Å². The molecular formula is C17H20N2O6S. The average Bonchev–Trinajstić information content (AvgIpc) is 2.65. The van der Waals surface area contributed by atoms with Crippen LogP contribution in [0.5, 0.6) is 11.5 Å². The highest BCUT2D eigenvalue weighted by Crippen LogP contribution is 2.21. The average molecular weight is 380 g/mol. The third kappa shape index (κ3) is 5.64. The molecule has 3 N–H and O–H groups in total. The van der Waals surface area contributed by atoms with Crippen LogP contribution in [0.3, 0.4) is 0 Å². The number of benzene rings is 2. The van der Waals surface area contributed by atoms with Gasteiger partial charge in [0.05, 0.1) is 18.6 Å². The van der Waals surface area contributed by atoms with Crippen molar-refractivity contribution in [3.63, 3.8) is 0 Å². The number of hydrogen-bond acceptors (Lipinski definition) is 6. The van der Waals surface area contributed by atoms with Crippen LogP contribution in [-0.2, 0) is 14.8 Å². The van der Waals surface area contributed by atoms with E-state index in [4.69, 9.17) is 14.6 Å². The third-order valence-electron chi connectivity index (χ3n) is 3.28. The maximum atomic E-state index is 12.4. The van der Waals surface area contributed by atoms with Gasteiger partial charge < -0.3 is 19.9 Å². The Bertz CT molecular complexity index is 819. The van der Waals surface area contributed by atoms with Crippen LogP contribution in [0.1, 0.15) is 0 Å². The van der Waals surface area contributed by atoms with Crippen molar-refractivity contribution >= 4 is 21.6 Å². The lowest BCUT2D eigenvalue weighted by molar-refractivity contribution is -0.123. The molecule has 0 fully saturated rings. The van der Waals surface area contributed by atoms with Crippen LogP contribution in [-0.4, -0.2) is 46.3 Å². The van der Waals surface area contributed by atoms with E-state index >= 15 is 0 Å². The summed E-state index contributed by atoms with van der Waals surface area (Å²) in [6.07, 6.45) is 0. The Hall–Kier alpha value is -2.78. The van der Waals surface area contributed by atoms with Crippen LogP contribution >= 0.6 is 0 Å². The Kier molecular flexibility index (Phi) is 6.81. The van der Waals surface area contributed by atoms with E-state index < -0.39 is 10.0 Å². The highest BCUT2D eigenvalue weighted by atomic mass is 32.2. The molecule has 9 heteroatoms. The van der Waals surface area contributed by atoms with Crippen molar-refractivity contribution in [1.29, 1.82) is 0 Å². The minimum Gasteiger partial charge on any atom is -0.497 e. The third-order valence-corrected chi connectivity index (χ3v) is 4.68. The van der Waals surface area contributed by atoms with Crippen LogP contribution in [0, 0.1) is 0 Å². The van der Waals surface area contributed by atoms with Crippen molar-refractivity contribution in [2.24, 2.45) is 0 Å². The minimum atomic E-state index is -3.75. The highest BCUT2D eigenvalue weighted by Gasteiger charge is 2.14. The van der Waals surface area contributed by atoms with Crippen molar-refractivity contribution < 1.29 is 27.8 Å². The van der Waals surface area contributed by atoms with Crippen LogP contribution < -0.4 is 19.5 Å². The van der Waals surface area contributed by atoms with Gasteiger partial charge >= 0.3 is 0 Å². The Morgan fingerprint density at radius 3 is 2.23 bits per heavy atom. The zero-order chi connectivity index (χ0) is 19.0. The van der Waals surface area contributed by atoms with Gasteiger partial charge in [0.2, 0.25) is 0 Å². The number of carbonyl (C=O) groups excluding carboxylic acids is 1. The van der Waals surface area contributed by atoms with Gasteiger partial charge in [0.25, 0.3) is 15.9 Å². The number of carbonyl (C=O) groups is 1. The van der Waals surface area contributed by atoms with Crippen molar-refractivity contribution in [3.8, 4) is 11.5 Å². The standard InChI is InChI=1S/C17H20N2O6S/c1-24-14-4-2-13(3-5-14)19-26(22,23)16-8-6-15(7-9-16)25-12-17(21)18-10-11-20/h2-9,19-20H,10-12H2,1H3,(H,18,21). The van der Waals surface area contributed by atoms with Gasteiger partial charge in [-0.3, -0.25) is 9.52 Å². The molecule has 0 aliphatic heterocycles. The van der Waals surface area contributed by atoms with Gasteiger partial charge in [-0.1, -0.05) is 0 Å². The summed E-state index contributed by atoms with van der Waals surface area (Å²) >= 11 is 0. The number of nitrogens with one attached hydrogen (secondary N) is 2. The van der Waals surface area contributed by atoms with Gasteiger partial charge in [-0.2, -0.15) is 0 Å². The minimum absolute atomic E-state index is 0.0606. The number of methoxy groups -OCH3 is 1. The number of rotatable bonds is 9. The molecule has 0 aliphatic carbocycles. The van der Waals surface area contributed by atoms with Crippen molar-refractivity contribution in [2.75, 3.05) is 31.6 Å². The van der Waals surface area contributed by atoms with E-state index in [0.717, 1.165) is 0 Å². The van der Waals surface area contributed by atoms with Gasteiger partial charge in [0.15, 0.2) is 6.61 Å². The topological polar surface area (TPSA) is 114 Å². The summed E-state index contributed by atoms with van der Waals surface area (Å²) < 4.78 is 37.5. The zero-order valence-electron chi connectivity index (χ0n) is 14.1. The molecule has 1 amide bonds. The predicted octanol–water partition coefficient (Wildman–Crippen LogP) is 0.983. The molecule has 0 atom stereocenters. The normalized spacial score (nSPS) is 10.8. The number of aliphatic hydroxyl groups is 1. The molecule has 2 rings (SSSR count). The smallest absolute Gasteiger partial charge is 0.261 e. The predicted molar refractivity (Wildman–Crippen MR) is 95.8 cm³/mol. The molecule has 0 aliphatic rings. The highest BCUT2D eigenvalue weighted by molar-refractivity contribution is 7.92. The molecule has 2 aromatic carbocycles. The fraction of sp³-hybridized carbons (Fsp3) is 0.235. The summed E-state index contributed by atoms with van der Waals surface area (Å²) in [5.74, 6) is 0.599. The van der Waals surface area contributed by atoms with Gasteiger partial charge in [0.1, 0.15) is 11.5 Å². The molecule has 0 unspecified atom stereocenters. The molecule has 0 heterocycles. The largest absolute Gasteiger partial charge is 0.497 e. The second-order valence-corrected chi connectivity index (χ2v) is 6.85. The molecule has 0 aromatic heterocycles. The number of sulfonamides is 1. The lowest BCUT2D eigenvalue weighted by atomic mass is 10.3. The number of anilines is 1. The summed E-state index contributed by atoms with van der Waals surface area (Å²) in [5, 5.41) is 11.1. The lowest BCUT2D eigenvalue weighted by Gasteiger charge is -2.10. The Morgan fingerprint density at radius 1 is 1.04 bits per heavy atom. The molecule has 2 aromatic rings. The quantitative estimate of drug-likeness (QED) is 0.598. The fourth-order valence-electron chi connectivity index (χ4n) is 1.98. The molecule has 8 nitrogen and oxygen atoms in total. The Labute approximate surface area is 151 Å². The molecule has 0 radical (unpaired) electrons. The number of ether oxygens (including phenoxy) is 2. The maximum absolute atomic E-state index is 12.4. The van der Waals surface area contributed by atoms with E-state index in [0.29, 0.717) is 17.2 Å². The molecule has 26 heavy (non-hydrogen) atoms. The van der Waals surface area contributed by atoms with E-state index in [-0.39, 0.29) is 30.6 Å². The molecule has 140 valence electrons. The van der Waals surface area contributed by atoms with Crippen LogP contribution in [0.25, 0.3) is 0 Å². The van der Waals surface area contributed by atoms with E-state index in [2.05, 4.69) is 10.0 Å². The van der Waals surface area contributed by atoms with E-state index in [1.807, 2.05) is 0 Å². The molecule has 0 bridgehead atoms. The van der Waals surface area contributed by atoms with Gasteiger partial charge in [0, 0.05) is 12.2 Å². The second kappa shape index (κ2) is 9.07. The van der Waals surface area contributed by atoms with E-state index in [1.165, 1.54) is 31.4 Å². The van der Waals surface area contributed by atoms with Gasteiger partial charge in [-0.05, 0) is 48.5 Å². The number of aliphatic hydroxyl groups excluding tert-OH is 1. The summed E-state index contributed by atoms with van der Waals surface area (Å²) in [7, 11) is -2.22. The van der Waals surface area contributed by atoms with Gasteiger partial charge in [-0.15, -0.1) is 0 Å². The summed E-state index contributed by atoms with van der Waals surface area (Å²) in [6.45, 7) is -0.230. The molecular weight excluding hydrogens is 360 g/mol. The Morgan fingerprint density at radius 2 is 1.65 bits per heavy atom. The van der Waals surface area contributed by atoms with Gasteiger partial charge in [-0.25, -0.2) is 8.42 Å². The maximum Gasteiger partial charge on any atom is 0.261 e. The first-order valence-electron chi connectivity index (χ1n) is 7.72. The molecule has 0 saturated carbocycles. The molecule has 0 saturated heterocycles. The monoisotopic (exact) mass is 380 g/mol. The molecule has 0 spiro atoms. The fourth-order valence-corrected chi connectivity index (χ4v) is 3.04. The SMILES string of the molecule is COc1ccc(NS(=O)(=O)c2ccc(OCC(=O)NCCO)cc2)cc1. The van der Waals surface area contributed by atoms with Crippen molar-refractivity contribution in [3.05, 3.63) is 48.5 Å². The van der Waals surface area contributed by atoms with Crippen LogP contribution in [0.2, 0.25) is 0 Å². The summed E-state index contributed by atoms with van der Waals surface area (Å²) in [4.78, 5) is 11.4. The van der Waals surface area contributed by atoms with Crippen molar-refractivity contribution in [2.45, 2.75) is 4.90 Å². The van der Waals surface area contributed by atoms with E-state index in [9.17, 15) is 13.2 Å². The van der Waals surface area contributed by atoms with Crippen molar-refractivity contribution in [1.82, 2.24) is 5.32 Å². The zero-order valence-corrected chi connectivity index (χ0v) is 15.0. The second-order valence-electron chi connectivity index (χ2n) is 5.17. The summed E-state index contributed by atoms with van der Waals surface area (Å²) in [5.41, 5.74) is 0.409. The first-order valence-corrected chi connectivity index (χ1v) is 9.20. The Balaban J connectivity index is 1.98. The number of amides is 1.